The van der Waals surface area contributed by atoms with E-state index in [-0.39, 0.29) is 18.7 Å². The van der Waals surface area contributed by atoms with Crippen LogP contribution in [0.4, 0.5) is 0 Å². The van der Waals surface area contributed by atoms with Crippen LogP contribution in [0.15, 0.2) is 0 Å². The lowest BCUT2D eigenvalue weighted by Gasteiger charge is -2.12. The van der Waals surface area contributed by atoms with E-state index in [1.165, 1.54) is 7.81 Å². The van der Waals surface area contributed by atoms with Crippen LogP contribution in [-0.2, 0) is 4.74 Å². The molecule has 1 radical (unpaired) electrons. The van der Waals surface area contributed by atoms with Crippen LogP contribution < -0.4 is 0 Å². The first-order valence-corrected chi connectivity index (χ1v) is 3.68. The topological polar surface area (TPSA) is 29.5 Å². The van der Waals surface area contributed by atoms with E-state index >= 15 is 0 Å². The molecular weight excluding hydrogens is 127 g/mol. The van der Waals surface area contributed by atoms with Crippen LogP contribution in [0, 0.1) is 11.8 Å². The van der Waals surface area contributed by atoms with Gasteiger partial charge in [0, 0.05) is 6.00 Å². The van der Waals surface area contributed by atoms with Crippen LogP contribution >= 0.6 is 0 Å². The molecule has 0 aromatic carbocycles. The van der Waals surface area contributed by atoms with Crippen LogP contribution in [-0.4, -0.2) is 33.0 Å². The fourth-order valence-electron chi connectivity index (χ4n) is 1.30. The predicted molar refractivity (Wildman–Crippen MR) is 41.2 cm³/mol. The van der Waals surface area contributed by atoms with Crippen molar-refractivity contribution in [1.29, 1.82) is 1.34 Å². The SMILES string of the molecule is [2H][B][C@@H]1O[C@H](CO)C(C)C1C. The van der Waals surface area contributed by atoms with Crippen molar-refractivity contribution in [2.24, 2.45) is 11.8 Å². The molecule has 1 saturated heterocycles. The molecule has 0 saturated carbocycles. The predicted octanol–water partition coefficient (Wildman–Crippen LogP) is -0.123. The summed E-state index contributed by atoms with van der Waals surface area (Å²) in [6.07, 6.45) is -0.0726. The van der Waals surface area contributed by atoms with Gasteiger partial charge in [0.1, 0.15) is 7.81 Å². The van der Waals surface area contributed by atoms with Crippen molar-refractivity contribution < 1.29 is 9.84 Å². The van der Waals surface area contributed by atoms with Gasteiger partial charge in [0.15, 0.2) is 0 Å². The van der Waals surface area contributed by atoms with Gasteiger partial charge in [-0.05, 0) is 13.2 Å². The monoisotopic (exact) mass is 142 g/mol. The fraction of sp³-hybridized carbons (Fsp3) is 1.00. The van der Waals surface area contributed by atoms with Gasteiger partial charge < -0.3 is 9.84 Å². The summed E-state index contributed by atoms with van der Waals surface area (Å²) >= 11 is 0. The first-order chi connectivity index (χ1) is 5.20. The van der Waals surface area contributed by atoms with Crippen molar-refractivity contribution in [2.45, 2.75) is 26.0 Å². The minimum absolute atomic E-state index is 0.0653. The van der Waals surface area contributed by atoms with Gasteiger partial charge in [-0.1, -0.05) is 13.8 Å². The second kappa shape index (κ2) is 2.93. The number of aliphatic hydroxyl groups is 1. The third-order valence-corrected chi connectivity index (χ3v) is 2.45. The lowest BCUT2D eigenvalue weighted by atomic mass is 9.82. The van der Waals surface area contributed by atoms with Gasteiger partial charge in [0.25, 0.3) is 0 Å². The second-order valence-corrected chi connectivity index (χ2v) is 3.04. The zero-order chi connectivity index (χ0) is 8.43. The molecule has 1 heterocycles. The molecule has 1 rings (SSSR count). The Morgan fingerprint density at radius 1 is 1.60 bits per heavy atom. The standard InChI is InChI=1S/C7H14BO2/c1-4-5(2)7(8)10-6(4)3-9/h4-9H,3H2,1-2H3/t4?,5?,6-,7-/m1/s1/i8D. The summed E-state index contributed by atoms with van der Waals surface area (Å²) in [7, 11) is 1.32. The molecule has 0 aromatic rings. The third kappa shape index (κ3) is 1.20. The van der Waals surface area contributed by atoms with Crippen molar-refractivity contribution >= 4 is 7.81 Å². The number of rotatable bonds is 2. The average molecular weight is 142 g/mol. The van der Waals surface area contributed by atoms with E-state index in [0.29, 0.717) is 11.8 Å². The van der Waals surface area contributed by atoms with Crippen LogP contribution in [0.3, 0.4) is 0 Å². The summed E-state index contributed by atoms with van der Waals surface area (Å²) in [5, 5.41) is 8.87. The quantitative estimate of drug-likeness (QED) is 0.544. The summed E-state index contributed by atoms with van der Waals surface area (Å²) in [6.45, 7) is 4.17. The molecule has 0 aromatic heterocycles. The number of hydrogen-bond donors (Lipinski definition) is 1. The first-order valence-electron chi connectivity index (χ1n) is 4.26. The number of ether oxygens (including phenoxy) is 1. The molecular formula is C7H14BO2. The molecule has 0 bridgehead atoms. The van der Waals surface area contributed by atoms with Gasteiger partial charge in [-0.25, -0.2) is 0 Å². The van der Waals surface area contributed by atoms with Crippen LogP contribution in [0.1, 0.15) is 13.8 Å². The first kappa shape index (κ1) is 6.68. The van der Waals surface area contributed by atoms with Crippen molar-refractivity contribution in [1.82, 2.24) is 0 Å². The smallest absolute Gasteiger partial charge is 0.127 e. The Morgan fingerprint density at radius 3 is 2.60 bits per heavy atom. The molecule has 1 N–H and O–H groups in total. The van der Waals surface area contributed by atoms with Gasteiger partial charge in [-0.15, -0.1) is 0 Å². The molecule has 3 heteroatoms. The molecule has 10 heavy (non-hydrogen) atoms. The van der Waals surface area contributed by atoms with E-state index in [2.05, 4.69) is 13.8 Å². The lowest BCUT2D eigenvalue weighted by Crippen LogP contribution is -2.19. The maximum Gasteiger partial charge on any atom is 0.127 e. The Hall–Kier alpha value is -0.0151. The zero-order valence-electron chi connectivity index (χ0n) is 7.45. The molecule has 2 unspecified atom stereocenters. The number of hydrogen-bond acceptors (Lipinski definition) is 2. The Kier molecular flexibility index (Phi) is 1.96. The van der Waals surface area contributed by atoms with Gasteiger partial charge >= 0.3 is 0 Å². The highest BCUT2D eigenvalue weighted by atomic mass is 16.5. The van der Waals surface area contributed by atoms with Crippen LogP contribution in [0.25, 0.3) is 0 Å². The Morgan fingerprint density at radius 2 is 2.30 bits per heavy atom. The molecule has 1 aliphatic rings. The summed E-state index contributed by atoms with van der Waals surface area (Å²) in [5.74, 6) is 0.705. The molecule has 1 aliphatic heterocycles. The summed E-state index contributed by atoms with van der Waals surface area (Å²) in [5.41, 5.74) is 0. The Balaban J connectivity index is 2.53. The fourth-order valence-corrected chi connectivity index (χ4v) is 1.30. The van der Waals surface area contributed by atoms with E-state index in [4.69, 9.17) is 11.2 Å². The molecule has 2 nitrogen and oxygen atoms in total. The Bertz CT molecular complexity index is 116. The van der Waals surface area contributed by atoms with E-state index in [1.807, 2.05) is 0 Å². The Labute approximate surface area is 64.3 Å². The molecule has 57 valence electrons. The molecule has 1 fully saturated rings. The third-order valence-electron chi connectivity index (χ3n) is 2.45. The van der Waals surface area contributed by atoms with E-state index in [0.717, 1.165) is 0 Å². The summed E-state index contributed by atoms with van der Waals surface area (Å²) in [6, 6.07) is -0.0952. The number of aliphatic hydroxyl groups excluding tert-OH is 1. The van der Waals surface area contributed by atoms with Gasteiger partial charge in [0.2, 0.25) is 0 Å². The highest BCUT2D eigenvalue weighted by Gasteiger charge is 2.35. The second-order valence-electron chi connectivity index (χ2n) is 3.04. The molecule has 0 amide bonds. The lowest BCUT2D eigenvalue weighted by molar-refractivity contribution is 0.0286. The molecule has 4 atom stereocenters. The highest BCUT2D eigenvalue weighted by molar-refractivity contribution is 6.11. The molecule has 0 spiro atoms. The largest absolute Gasteiger partial charge is 0.394 e. The van der Waals surface area contributed by atoms with Crippen molar-refractivity contribution in [3.63, 3.8) is 0 Å². The maximum absolute atomic E-state index is 8.87. The zero-order valence-corrected chi connectivity index (χ0v) is 6.45. The molecule has 0 aliphatic carbocycles. The van der Waals surface area contributed by atoms with Crippen LogP contribution in [0.2, 0.25) is 0 Å². The average Bonchev–Trinajstić information content (AvgIpc) is 2.30. The van der Waals surface area contributed by atoms with Gasteiger partial charge in [-0.2, -0.15) is 0 Å². The van der Waals surface area contributed by atoms with Crippen LogP contribution in [0.5, 0.6) is 0 Å². The highest BCUT2D eigenvalue weighted by Crippen LogP contribution is 2.29. The van der Waals surface area contributed by atoms with Crippen molar-refractivity contribution in [3.05, 3.63) is 0 Å². The summed E-state index contributed by atoms with van der Waals surface area (Å²) in [4.78, 5) is 0. The van der Waals surface area contributed by atoms with Gasteiger partial charge in [-0.3, -0.25) is 0 Å². The normalized spacial score (nSPS) is 48.9. The van der Waals surface area contributed by atoms with Crippen molar-refractivity contribution in [3.8, 4) is 0 Å². The van der Waals surface area contributed by atoms with E-state index in [1.54, 1.807) is 0 Å². The van der Waals surface area contributed by atoms with E-state index < -0.39 is 0 Å². The van der Waals surface area contributed by atoms with E-state index in [9.17, 15) is 0 Å². The van der Waals surface area contributed by atoms with Gasteiger partial charge in [0.05, 0.1) is 12.7 Å². The maximum atomic E-state index is 8.87. The minimum Gasteiger partial charge on any atom is -0.394 e. The van der Waals surface area contributed by atoms with Crippen molar-refractivity contribution in [2.75, 3.05) is 6.61 Å². The minimum atomic E-state index is -0.0952. The summed E-state index contributed by atoms with van der Waals surface area (Å²) < 4.78 is 12.4.